The summed E-state index contributed by atoms with van der Waals surface area (Å²) < 4.78 is 26.6. The molecule has 0 aliphatic rings. The lowest BCUT2D eigenvalue weighted by atomic mass is 10.1. The minimum Gasteiger partial charge on any atom is -0.491 e. The number of hydrogen-bond donors (Lipinski definition) is 0. The first-order valence-electron chi connectivity index (χ1n) is 9.53. The topological polar surface area (TPSA) is 62.1 Å². The van der Waals surface area contributed by atoms with Crippen LogP contribution in [0.15, 0.2) is 73.2 Å². The van der Waals surface area contributed by atoms with Gasteiger partial charge in [0.1, 0.15) is 18.2 Å². The highest BCUT2D eigenvalue weighted by Crippen LogP contribution is 2.33. The molecule has 1 unspecified atom stereocenters. The van der Waals surface area contributed by atoms with E-state index in [0.717, 1.165) is 17.0 Å². The van der Waals surface area contributed by atoms with Crippen molar-refractivity contribution in [2.75, 3.05) is 13.7 Å². The van der Waals surface area contributed by atoms with E-state index in [2.05, 4.69) is 15.0 Å². The minimum atomic E-state index is -0.298. The van der Waals surface area contributed by atoms with E-state index in [1.165, 1.54) is 19.2 Å². The van der Waals surface area contributed by atoms with Crippen molar-refractivity contribution in [2.45, 2.75) is 13.0 Å². The second-order valence-electron chi connectivity index (χ2n) is 6.76. The van der Waals surface area contributed by atoms with Crippen molar-refractivity contribution in [1.82, 2.24) is 19.5 Å². The highest BCUT2D eigenvalue weighted by molar-refractivity contribution is 5.77. The molecule has 30 heavy (non-hydrogen) atoms. The van der Waals surface area contributed by atoms with Crippen LogP contribution in [-0.2, 0) is 0 Å². The van der Waals surface area contributed by atoms with Crippen LogP contribution in [-0.4, -0.2) is 33.2 Å². The van der Waals surface area contributed by atoms with Crippen molar-refractivity contribution in [3.8, 4) is 34.4 Å². The van der Waals surface area contributed by atoms with E-state index in [9.17, 15) is 4.39 Å². The number of nitrogens with zero attached hydrogens (tertiary/aromatic N) is 4. The summed E-state index contributed by atoms with van der Waals surface area (Å²) in [4.78, 5) is 13.2. The summed E-state index contributed by atoms with van der Waals surface area (Å²) in [6.45, 7) is 2.49. The largest absolute Gasteiger partial charge is 0.491 e. The first-order valence-corrected chi connectivity index (χ1v) is 9.53. The monoisotopic (exact) mass is 404 g/mol. The van der Waals surface area contributed by atoms with E-state index in [0.29, 0.717) is 18.0 Å². The number of imidazole rings is 1. The van der Waals surface area contributed by atoms with Gasteiger partial charge in [0.05, 0.1) is 36.6 Å². The molecule has 0 amide bonds. The molecule has 0 bridgehead atoms. The van der Waals surface area contributed by atoms with Crippen molar-refractivity contribution in [2.24, 2.45) is 0 Å². The number of benzene rings is 2. The molecule has 0 saturated carbocycles. The number of halogens is 1. The number of ether oxygens (including phenoxy) is 2. The Bertz CT molecular complexity index is 1110. The summed E-state index contributed by atoms with van der Waals surface area (Å²) in [5.74, 6) is 0.501. The zero-order valence-corrected chi connectivity index (χ0v) is 16.7. The maximum absolute atomic E-state index is 13.4. The Labute approximate surface area is 174 Å². The zero-order valence-electron chi connectivity index (χ0n) is 16.7. The van der Waals surface area contributed by atoms with E-state index >= 15 is 0 Å². The minimum absolute atomic E-state index is 0.0390. The fourth-order valence-corrected chi connectivity index (χ4v) is 3.15. The van der Waals surface area contributed by atoms with Gasteiger partial charge in [-0.05, 0) is 49.4 Å². The molecule has 2 heterocycles. The molecule has 0 fully saturated rings. The van der Waals surface area contributed by atoms with Gasteiger partial charge >= 0.3 is 6.01 Å². The average molecular weight is 404 g/mol. The predicted octanol–water partition coefficient (Wildman–Crippen LogP) is 4.79. The predicted molar refractivity (Wildman–Crippen MR) is 112 cm³/mol. The van der Waals surface area contributed by atoms with Crippen molar-refractivity contribution in [1.29, 1.82) is 0 Å². The SMILES string of the molecule is COc1nccc(-c2c(-c3ccc(F)cc3)ncn2C(C)COc2ccccc2)n1. The van der Waals surface area contributed by atoms with Crippen LogP contribution in [0.2, 0.25) is 0 Å². The standard InChI is InChI=1S/C23H21FN4O2/c1-16(14-30-19-6-4-3-5-7-19)28-15-26-21(17-8-10-18(24)11-9-17)22(28)20-12-13-25-23(27-20)29-2/h3-13,15-16H,14H2,1-2H3. The maximum atomic E-state index is 13.4. The summed E-state index contributed by atoms with van der Waals surface area (Å²) in [5.41, 5.74) is 2.93. The van der Waals surface area contributed by atoms with Crippen molar-refractivity contribution < 1.29 is 13.9 Å². The molecule has 7 heteroatoms. The van der Waals surface area contributed by atoms with E-state index < -0.39 is 0 Å². The van der Waals surface area contributed by atoms with Crippen LogP contribution in [0.4, 0.5) is 4.39 Å². The van der Waals surface area contributed by atoms with E-state index in [-0.39, 0.29) is 17.9 Å². The van der Waals surface area contributed by atoms with Crippen molar-refractivity contribution in [3.05, 3.63) is 79.0 Å². The van der Waals surface area contributed by atoms with Crippen molar-refractivity contribution in [3.63, 3.8) is 0 Å². The molecule has 1 atom stereocenters. The number of aromatic nitrogens is 4. The van der Waals surface area contributed by atoms with Crippen LogP contribution < -0.4 is 9.47 Å². The lowest BCUT2D eigenvalue weighted by Crippen LogP contribution is -2.15. The summed E-state index contributed by atoms with van der Waals surface area (Å²) in [7, 11) is 1.52. The molecule has 6 nitrogen and oxygen atoms in total. The Hall–Kier alpha value is -3.74. The second-order valence-corrected chi connectivity index (χ2v) is 6.76. The van der Waals surface area contributed by atoms with Gasteiger partial charge in [-0.1, -0.05) is 18.2 Å². The van der Waals surface area contributed by atoms with Gasteiger partial charge in [0.15, 0.2) is 0 Å². The molecule has 0 spiro atoms. The Morgan fingerprint density at radius 2 is 1.77 bits per heavy atom. The molecule has 0 N–H and O–H groups in total. The highest BCUT2D eigenvalue weighted by atomic mass is 19.1. The molecule has 0 saturated heterocycles. The molecular formula is C23H21FN4O2. The third-order valence-electron chi connectivity index (χ3n) is 4.68. The first kappa shape index (κ1) is 19.6. The average Bonchev–Trinajstić information content (AvgIpc) is 3.24. The maximum Gasteiger partial charge on any atom is 0.316 e. The summed E-state index contributed by atoms with van der Waals surface area (Å²) >= 11 is 0. The molecule has 152 valence electrons. The molecule has 2 aromatic heterocycles. The van der Waals surface area contributed by atoms with Crippen LogP contribution in [0.3, 0.4) is 0 Å². The third kappa shape index (κ3) is 4.15. The van der Waals surface area contributed by atoms with Crippen LogP contribution in [0.5, 0.6) is 11.8 Å². The van der Waals surface area contributed by atoms with E-state index in [1.807, 2.05) is 41.8 Å². The molecule has 2 aromatic carbocycles. The number of methoxy groups -OCH3 is 1. The highest BCUT2D eigenvalue weighted by Gasteiger charge is 2.20. The molecule has 4 aromatic rings. The van der Waals surface area contributed by atoms with Crippen LogP contribution >= 0.6 is 0 Å². The fraction of sp³-hybridized carbons (Fsp3) is 0.174. The zero-order chi connectivity index (χ0) is 20.9. The Morgan fingerprint density at radius 3 is 2.50 bits per heavy atom. The quantitative estimate of drug-likeness (QED) is 0.443. The van der Waals surface area contributed by atoms with Gasteiger partial charge in [0, 0.05) is 11.8 Å². The molecular weight excluding hydrogens is 383 g/mol. The van der Waals surface area contributed by atoms with Crippen LogP contribution in [0, 0.1) is 5.82 Å². The smallest absolute Gasteiger partial charge is 0.316 e. The van der Waals surface area contributed by atoms with Gasteiger partial charge < -0.3 is 14.0 Å². The van der Waals surface area contributed by atoms with Crippen LogP contribution in [0.25, 0.3) is 22.6 Å². The van der Waals surface area contributed by atoms with Crippen LogP contribution in [0.1, 0.15) is 13.0 Å². The molecule has 0 aliphatic carbocycles. The van der Waals surface area contributed by atoms with Gasteiger partial charge in [0.2, 0.25) is 0 Å². The molecule has 0 aliphatic heterocycles. The van der Waals surface area contributed by atoms with Gasteiger partial charge in [-0.3, -0.25) is 0 Å². The Morgan fingerprint density at radius 1 is 1.00 bits per heavy atom. The van der Waals surface area contributed by atoms with E-state index in [1.54, 1.807) is 30.7 Å². The third-order valence-corrected chi connectivity index (χ3v) is 4.68. The van der Waals surface area contributed by atoms with E-state index in [4.69, 9.17) is 9.47 Å². The summed E-state index contributed by atoms with van der Waals surface area (Å²) in [6, 6.07) is 17.9. The number of rotatable bonds is 7. The first-order chi connectivity index (χ1) is 14.7. The molecule has 4 rings (SSSR count). The lowest BCUT2D eigenvalue weighted by molar-refractivity contribution is 0.261. The second kappa shape index (κ2) is 8.73. The lowest BCUT2D eigenvalue weighted by Gasteiger charge is -2.18. The molecule has 0 radical (unpaired) electrons. The summed E-state index contributed by atoms with van der Waals surface area (Å²) in [6.07, 6.45) is 3.39. The van der Waals surface area contributed by atoms with Gasteiger partial charge in [-0.15, -0.1) is 0 Å². The number of hydrogen-bond acceptors (Lipinski definition) is 5. The fourth-order valence-electron chi connectivity index (χ4n) is 3.15. The van der Waals surface area contributed by atoms with Gasteiger partial charge in [-0.2, -0.15) is 4.98 Å². The Kier molecular flexibility index (Phi) is 5.70. The van der Waals surface area contributed by atoms with Crippen molar-refractivity contribution >= 4 is 0 Å². The summed E-state index contributed by atoms with van der Waals surface area (Å²) in [5, 5.41) is 0. The van der Waals surface area contributed by atoms with Gasteiger partial charge in [-0.25, -0.2) is 14.4 Å². The Balaban J connectivity index is 1.73. The number of para-hydroxylation sites is 1. The van der Waals surface area contributed by atoms with Gasteiger partial charge in [0.25, 0.3) is 0 Å². The normalized spacial score (nSPS) is 11.8.